The molecule has 1 aromatic heterocycles. The molecule has 1 aliphatic heterocycles. The molecule has 6 heteroatoms. The molecule has 5 rings (SSSR count). The van der Waals surface area contributed by atoms with Crippen molar-refractivity contribution in [1.29, 1.82) is 0 Å². The van der Waals surface area contributed by atoms with Crippen LogP contribution in [0.25, 0.3) is 0 Å². The molecule has 0 aliphatic carbocycles. The molecule has 32 heavy (non-hydrogen) atoms. The van der Waals surface area contributed by atoms with Gasteiger partial charge in [0.15, 0.2) is 5.78 Å². The molecule has 0 radical (unpaired) electrons. The molecule has 4 aromatic rings. The van der Waals surface area contributed by atoms with Crippen LogP contribution in [0.3, 0.4) is 0 Å². The summed E-state index contributed by atoms with van der Waals surface area (Å²) in [5.74, 6) is -0.234. The molecule has 2 N–H and O–H groups in total. The largest absolute Gasteiger partial charge is 0.370 e. The van der Waals surface area contributed by atoms with Gasteiger partial charge in [-0.3, -0.25) is 9.59 Å². The van der Waals surface area contributed by atoms with E-state index in [1.54, 1.807) is 30.3 Å². The molecule has 158 valence electrons. The molecule has 1 aliphatic rings. The predicted molar refractivity (Wildman–Crippen MR) is 129 cm³/mol. The number of hydrogen-bond donors (Lipinski definition) is 2. The average molecular weight is 486 g/mol. The van der Waals surface area contributed by atoms with Crippen LogP contribution in [0.15, 0.2) is 95.6 Å². The summed E-state index contributed by atoms with van der Waals surface area (Å²) in [5, 5.41) is 6.31. The fourth-order valence-corrected chi connectivity index (χ4v) is 4.44. The number of nitrogens with one attached hydrogen (secondary N) is 2. The number of hydrogen-bond acceptors (Lipinski definition) is 3. The van der Waals surface area contributed by atoms with Crippen molar-refractivity contribution < 1.29 is 9.59 Å². The van der Waals surface area contributed by atoms with Gasteiger partial charge in [0.2, 0.25) is 0 Å². The van der Waals surface area contributed by atoms with Crippen molar-refractivity contribution in [3.8, 4) is 0 Å². The summed E-state index contributed by atoms with van der Waals surface area (Å²) in [6.07, 6.45) is 2.00. The highest BCUT2D eigenvalue weighted by molar-refractivity contribution is 9.10. The zero-order valence-electron chi connectivity index (χ0n) is 17.1. The van der Waals surface area contributed by atoms with Gasteiger partial charge in [-0.05, 0) is 76.1 Å². The number of Topliss-reactive ketones (excluding diaryl/α,β-unsaturated/α-hetero) is 1. The number of halogens is 1. The standard InChI is InChI=1S/C26H20BrN3O2/c27-21-8-3-2-7-20(21)26(32)28-19-13-11-17(12-14-19)25(31)24-23-10-5-15-30(23)16-18-6-1-4-9-22(18)29-24/h1-15,24,29H,16H2,(H,28,32). The summed E-state index contributed by atoms with van der Waals surface area (Å²) in [4.78, 5) is 26.0. The van der Waals surface area contributed by atoms with E-state index >= 15 is 0 Å². The number of rotatable bonds is 4. The Morgan fingerprint density at radius 3 is 2.47 bits per heavy atom. The summed E-state index contributed by atoms with van der Waals surface area (Å²) in [6, 6.07) is 25.8. The molecule has 0 saturated carbocycles. The molecule has 1 atom stereocenters. The van der Waals surface area contributed by atoms with Gasteiger partial charge in [0.1, 0.15) is 6.04 Å². The zero-order valence-corrected chi connectivity index (χ0v) is 18.7. The number of ketones is 1. The minimum atomic E-state index is -0.491. The van der Waals surface area contributed by atoms with E-state index in [1.807, 2.05) is 54.7 Å². The van der Waals surface area contributed by atoms with Crippen molar-refractivity contribution in [1.82, 2.24) is 4.57 Å². The fourth-order valence-electron chi connectivity index (χ4n) is 3.97. The Balaban J connectivity index is 1.38. The Morgan fingerprint density at radius 2 is 1.66 bits per heavy atom. The topological polar surface area (TPSA) is 63.1 Å². The number of anilines is 2. The SMILES string of the molecule is O=C(Nc1ccc(C(=O)C2Nc3ccccc3Cn3cccc32)cc1)c1ccccc1Br. The van der Waals surface area contributed by atoms with Crippen LogP contribution in [0.4, 0.5) is 11.4 Å². The van der Waals surface area contributed by atoms with Crippen LogP contribution in [0.1, 0.15) is 38.0 Å². The molecule has 2 heterocycles. The summed E-state index contributed by atoms with van der Waals surface area (Å²) >= 11 is 3.40. The van der Waals surface area contributed by atoms with Crippen molar-refractivity contribution in [2.75, 3.05) is 10.6 Å². The van der Waals surface area contributed by atoms with Gasteiger partial charge in [-0.1, -0.05) is 30.3 Å². The van der Waals surface area contributed by atoms with E-state index in [-0.39, 0.29) is 11.7 Å². The molecule has 0 fully saturated rings. The highest BCUT2D eigenvalue weighted by Gasteiger charge is 2.28. The van der Waals surface area contributed by atoms with E-state index < -0.39 is 6.04 Å². The third kappa shape index (κ3) is 3.85. The van der Waals surface area contributed by atoms with Crippen LogP contribution < -0.4 is 10.6 Å². The second kappa shape index (κ2) is 8.48. The normalized spacial score (nSPS) is 14.5. The van der Waals surface area contributed by atoms with E-state index in [9.17, 15) is 9.59 Å². The lowest BCUT2D eigenvalue weighted by atomic mass is 10.0. The lowest BCUT2D eigenvalue weighted by Crippen LogP contribution is -2.22. The second-order valence-electron chi connectivity index (χ2n) is 7.67. The van der Waals surface area contributed by atoms with Crippen molar-refractivity contribution in [3.63, 3.8) is 0 Å². The van der Waals surface area contributed by atoms with Crippen molar-refractivity contribution in [3.05, 3.63) is 118 Å². The molecule has 0 spiro atoms. The van der Waals surface area contributed by atoms with Crippen LogP contribution in [0, 0.1) is 0 Å². The fraction of sp³-hybridized carbons (Fsp3) is 0.0769. The smallest absolute Gasteiger partial charge is 0.256 e. The molecule has 3 aromatic carbocycles. The van der Waals surface area contributed by atoms with Crippen LogP contribution >= 0.6 is 15.9 Å². The number of para-hydroxylation sites is 1. The van der Waals surface area contributed by atoms with Crippen LogP contribution in [0.2, 0.25) is 0 Å². The van der Waals surface area contributed by atoms with Crippen molar-refractivity contribution in [2.24, 2.45) is 0 Å². The van der Waals surface area contributed by atoms with E-state index in [1.165, 1.54) is 0 Å². The van der Waals surface area contributed by atoms with Crippen LogP contribution in [-0.2, 0) is 6.54 Å². The average Bonchev–Trinajstić information content (AvgIpc) is 3.20. The minimum Gasteiger partial charge on any atom is -0.370 e. The molecular formula is C26H20BrN3O2. The van der Waals surface area contributed by atoms with Gasteiger partial charge < -0.3 is 15.2 Å². The molecule has 0 bridgehead atoms. The van der Waals surface area contributed by atoms with Gasteiger partial charge in [-0.15, -0.1) is 0 Å². The maximum absolute atomic E-state index is 13.5. The molecule has 1 amide bonds. The van der Waals surface area contributed by atoms with Crippen molar-refractivity contribution >= 4 is 39.0 Å². The minimum absolute atomic E-state index is 0.0228. The zero-order chi connectivity index (χ0) is 22.1. The highest BCUT2D eigenvalue weighted by Crippen LogP contribution is 2.31. The quantitative estimate of drug-likeness (QED) is 0.353. The Kier molecular flexibility index (Phi) is 5.37. The van der Waals surface area contributed by atoms with Gasteiger partial charge in [0.25, 0.3) is 5.91 Å². The number of nitrogens with zero attached hydrogens (tertiary/aromatic N) is 1. The maximum Gasteiger partial charge on any atom is 0.256 e. The lowest BCUT2D eigenvalue weighted by Gasteiger charge is -2.18. The van der Waals surface area contributed by atoms with Gasteiger partial charge in [0, 0.05) is 39.8 Å². The first-order valence-corrected chi connectivity index (χ1v) is 11.1. The van der Waals surface area contributed by atoms with E-state index in [0.717, 1.165) is 28.0 Å². The van der Waals surface area contributed by atoms with Crippen molar-refractivity contribution in [2.45, 2.75) is 12.6 Å². The third-order valence-electron chi connectivity index (χ3n) is 5.63. The monoisotopic (exact) mass is 485 g/mol. The summed E-state index contributed by atoms with van der Waals surface area (Å²) < 4.78 is 2.83. The van der Waals surface area contributed by atoms with E-state index in [2.05, 4.69) is 37.2 Å². The Morgan fingerprint density at radius 1 is 0.906 bits per heavy atom. The Labute approximate surface area is 194 Å². The number of benzene rings is 3. The first-order chi connectivity index (χ1) is 15.6. The first-order valence-electron chi connectivity index (χ1n) is 10.3. The third-order valence-corrected chi connectivity index (χ3v) is 6.32. The summed E-state index contributed by atoms with van der Waals surface area (Å²) in [6.45, 7) is 0.718. The van der Waals surface area contributed by atoms with Gasteiger partial charge >= 0.3 is 0 Å². The summed E-state index contributed by atoms with van der Waals surface area (Å²) in [5.41, 5.74) is 4.79. The second-order valence-corrected chi connectivity index (χ2v) is 8.53. The van der Waals surface area contributed by atoms with E-state index in [0.29, 0.717) is 16.8 Å². The van der Waals surface area contributed by atoms with Gasteiger partial charge in [-0.25, -0.2) is 0 Å². The van der Waals surface area contributed by atoms with Crippen LogP contribution in [-0.4, -0.2) is 16.3 Å². The van der Waals surface area contributed by atoms with Gasteiger partial charge in [-0.2, -0.15) is 0 Å². The van der Waals surface area contributed by atoms with Crippen LogP contribution in [0.5, 0.6) is 0 Å². The molecule has 0 saturated heterocycles. The Hall–Kier alpha value is -3.64. The number of carbonyl (C=O) groups excluding carboxylic acids is 2. The summed E-state index contributed by atoms with van der Waals surface area (Å²) in [7, 11) is 0. The molecule has 5 nitrogen and oxygen atoms in total. The number of amides is 1. The number of fused-ring (bicyclic) bond motifs is 2. The lowest BCUT2D eigenvalue weighted by molar-refractivity contribution is 0.0966. The predicted octanol–water partition coefficient (Wildman–Crippen LogP) is 5.90. The molecular weight excluding hydrogens is 466 g/mol. The highest BCUT2D eigenvalue weighted by atomic mass is 79.9. The maximum atomic E-state index is 13.5. The Bertz CT molecular complexity index is 1310. The molecule has 1 unspecified atom stereocenters. The first kappa shape index (κ1) is 20.3. The number of carbonyl (C=O) groups is 2. The van der Waals surface area contributed by atoms with Gasteiger partial charge in [0.05, 0.1) is 5.56 Å². The number of aromatic nitrogens is 1. The van der Waals surface area contributed by atoms with E-state index in [4.69, 9.17) is 0 Å².